The molecular formula is C23H21F3N6O2. The second kappa shape index (κ2) is 9.20. The molecule has 2 aromatic heterocycles. The summed E-state index contributed by atoms with van der Waals surface area (Å²) >= 11 is 0. The summed E-state index contributed by atoms with van der Waals surface area (Å²) in [6.07, 6.45) is -0.926. The van der Waals surface area contributed by atoms with E-state index in [-0.39, 0.29) is 12.6 Å². The normalized spacial score (nSPS) is 15.6. The minimum absolute atomic E-state index is 0.158. The van der Waals surface area contributed by atoms with E-state index in [1.807, 2.05) is 13.0 Å². The molecule has 176 valence electrons. The minimum Gasteiger partial charge on any atom is -0.322 e. The number of fused-ring (bicyclic) bond motifs is 1. The number of aliphatic imine (C=N–C) groups is 1. The maximum Gasteiger partial charge on any atom is 0.433 e. The first-order valence-electron chi connectivity index (χ1n) is 10.8. The molecule has 3 aromatic rings. The molecule has 1 aromatic carbocycles. The lowest BCUT2D eigenvalue weighted by Crippen LogP contribution is -2.45. The summed E-state index contributed by atoms with van der Waals surface area (Å²) in [5, 5.41) is 7.01. The van der Waals surface area contributed by atoms with Crippen LogP contribution in [-0.2, 0) is 11.0 Å². The Hall–Kier alpha value is -3.83. The van der Waals surface area contributed by atoms with E-state index < -0.39 is 24.1 Å². The molecule has 1 amide bonds. The molecule has 0 saturated heterocycles. The van der Waals surface area contributed by atoms with Gasteiger partial charge in [-0.2, -0.15) is 18.2 Å². The Kier molecular flexibility index (Phi) is 5.95. The summed E-state index contributed by atoms with van der Waals surface area (Å²) in [4.78, 5) is 30.1. The number of hydrogen-bond acceptors (Lipinski definition) is 7. The molecule has 0 saturated carbocycles. The van der Waals surface area contributed by atoms with Crippen LogP contribution in [0.2, 0.25) is 0 Å². The number of rotatable bonds is 5. The molecule has 0 aliphatic carbocycles. The van der Waals surface area contributed by atoms with Crippen LogP contribution in [0.25, 0.3) is 11.1 Å². The number of aryl methyl sites for hydroxylation is 1. The van der Waals surface area contributed by atoms with E-state index in [9.17, 15) is 18.0 Å². The summed E-state index contributed by atoms with van der Waals surface area (Å²) in [6, 6.07) is 8.95. The number of carbonyl (C=O) groups is 1. The molecular weight excluding hydrogens is 449 g/mol. The van der Waals surface area contributed by atoms with E-state index in [1.54, 1.807) is 37.7 Å². The first-order chi connectivity index (χ1) is 16.7. The maximum absolute atomic E-state index is 12.9. The van der Waals surface area contributed by atoms with Crippen molar-refractivity contribution >= 4 is 23.6 Å². The zero-order valence-electron chi connectivity index (χ0n) is 19.2. The van der Waals surface area contributed by atoms with Crippen molar-refractivity contribution in [3.63, 3.8) is 0 Å². The topological polar surface area (TPSA) is 91.7 Å². The zero-order chi connectivity index (χ0) is 25.2. The third-order valence-electron chi connectivity index (χ3n) is 5.20. The van der Waals surface area contributed by atoms with Crippen molar-refractivity contribution in [2.75, 3.05) is 24.5 Å². The number of amides is 1. The summed E-state index contributed by atoms with van der Waals surface area (Å²) in [5.74, 6) is -0.194. The van der Waals surface area contributed by atoms with Crippen LogP contribution in [0.5, 0.6) is 0 Å². The smallest absolute Gasteiger partial charge is 0.322 e. The van der Waals surface area contributed by atoms with Crippen molar-refractivity contribution in [1.82, 2.24) is 15.3 Å². The average molecular weight is 471 g/mol. The number of hydroxylamine groups is 1. The first kappa shape index (κ1) is 22.0. The Morgan fingerprint density at radius 1 is 1.21 bits per heavy atom. The number of benzene rings is 1. The van der Waals surface area contributed by atoms with Crippen LogP contribution in [0.3, 0.4) is 0 Å². The van der Waals surface area contributed by atoms with Crippen LogP contribution in [-0.4, -0.2) is 42.5 Å². The molecule has 4 rings (SSSR count). The molecule has 11 heteroatoms. The standard InChI is InChI=1S/C23H21F3N6O2/c1-13-4-5-17(31-21(33)14-6-7-28-19(9-14)23(24,25)26)10-18(13)15-8-16-12-30-22(27-2)32(34-3)20(16)29-11-15/h4-12,22,27H,1-3H3,(H,31,33)/i3D. The lowest BCUT2D eigenvalue weighted by Gasteiger charge is -2.30. The summed E-state index contributed by atoms with van der Waals surface area (Å²) in [7, 11) is 1.40. The molecule has 3 heterocycles. The molecule has 0 radical (unpaired) electrons. The molecule has 0 bridgehead atoms. The van der Waals surface area contributed by atoms with Gasteiger partial charge in [-0.3, -0.25) is 24.9 Å². The molecule has 1 aliphatic rings. The molecule has 0 spiro atoms. The number of carbonyl (C=O) groups excluding carboxylic acids is 1. The van der Waals surface area contributed by atoms with Gasteiger partial charge in [-0.05, 0) is 55.4 Å². The van der Waals surface area contributed by atoms with Gasteiger partial charge in [0.25, 0.3) is 5.91 Å². The van der Waals surface area contributed by atoms with Gasteiger partial charge < -0.3 is 5.32 Å². The summed E-state index contributed by atoms with van der Waals surface area (Å²) in [5.41, 5.74) is 2.18. The van der Waals surface area contributed by atoms with Crippen molar-refractivity contribution in [1.29, 1.82) is 0 Å². The molecule has 1 atom stereocenters. The highest BCUT2D eigenvalue weighted by atomic mass is 19.4. The third-order valence-corrected chi connectivity index (χ3v) is 5.20. The van der Waals surface area contributed by atoms with Crippen LogP contribution in [0.1, 0.15) is 28.5 Å². The average Bonchev–Trinajstić information content (AvgIpc) is 2.84. The van der Waals surface area contributed by atoms with Crippen molar-refractivity contribution in [3.8, 4) is 11.1 Å². The number of nitrogens with one attached hydrogen (secondary N) is 2. The van der Waals surface area contributed by atoms with Gasteiger partial charge in [-0.25, -0.2) is 4.98 Å². The SMILES string of the molecule is [2H]CON1c2ncc(-c3cc(NC(=O)c4ccnc(C(F)(F)F)c4)ccc3C)cc2C=NC1NC. The largest absolute Gasteiger partial charge is 0.433 e. The molecule has 2 N–H and O–H groups in total. The summed E-state index contributed by atoms with van der Waals surface area (Å²) < 4.78 is 46.2. The highest BCUT2D eigenvalue weighted by Crippen LogP contribution is 2.31. The first-order valence-corrected chi connectivity index (χ1v) is 10.1. The second-order valence-corrected chi connectivity index (χ2v) is 7.44. The highest BCUT2D eigenvalue weighted by molar-refractivity contribution is 6.04. The maximum atomic E-state index is 12.9. The number of anilines is 2. The fourth-order valence-electron chi connectivity index (χ4n) is 3.49. The zero-order valence-corrected chi connectivity index (χ0v) is 18.2. The van der Waals surface area contributed by atoms with Gasteiger partial charge in [0.05, 0.1) is 8.46 Å². The Bertz CT molecular complexity index is 1280. The van der Waals surface area contributed by atoms with E-state index in [4.69, 9.17) is 6.21 Å². The van der Waals surface area contributed by atoms with E-state index in [2.05, 4.69) is 25.6 Å². The van der Waals surface area contributed by atoms with Crippen LogP contribution in [0.4, 0.5) is 24.7 Å². The van der Waals surface area contributed by atoms with Gasteiger partial charge in [0.15, 0.2) is 5.82 Å². The highest BCUT2D eigenvalue weighted by Gasteiger charge is 2.33. The van der Waals surface area contributed by atoms with E-state index in [0.29, 0.717) is 23.1 Å². The Morgan fingerprint density at radius 2 is 2.03 bits per heavy atom. The Labute approximate surface area is 194 Å². The van der Waals surface area contributed by atoms with Gasteiger partial charge in [0.2, 0.25) is 6.29 Å². The predicted octanol–water partition coefficient (Wildman–Crippen LogP) is 4.03. The number of pyridine rings is 2. The number of hydrogen-bond donors (Lipinski definition) is 2. The molecule has 1 unspecified atom stereocenters. The van der Waals surface area contributed by atoms with E-state index in [1.165, 1.54) is 11.1 Å². The summed E-state index contributed by atoms with van der Waals surface area (Å²) in [6.45, 7) is 1.89. The van der Waals surface area contributed by atoms with Gasteiger partial charge >= 0.3 is 6.18 Å². The number of aromatic nitrogens is 2. The number of alkyl halides is 3. The lowest BCUT2D eigenvalue weighted by atomic mass is 9.99. The minimum atomic E-state index is -4.65. The number of nitrogens with zero attached hydrogens (tertiary/aromatic N) is 4. The van der Waals surface area contributed by atoms with E-state index >= 15 is 0 Å². The second-order valence-electron chi connectivity index (χ2n) is 7.44. The quantitative estimate of drug-likeness (QED) is 0.584. The molecule has 1 aliphatic heterocycles. The fraction of sp³-hybridized carbons (Fsp3) is 0.217. The van der Waals surface area contributed by atoms with E-state index in [0.717, 1.165) is 22.9 Å². The van der Waals surface area contributed by atoms with Crippen LogP contribution >= 0.6 is 0 Å². The Balaban J connectivity index is 1.62. The van der Waals surface area contributed by atoms with Crippen molar-refractivity contribution in [2.24, 2.45) is 4.99 Å². The van der Waals surface area contributed by atoms with Gasteiger partial charge in [0, 0.05) is 41.0 Å². The van der Waals surface area contributed by atoms with Crippen LogP contribution in [0.15, 0.2) is 53.8 Å². The van der Waals surface area contributed by atoms with Crippen LogP contribution in [0, 0.1) is 6.92 Å². The molecule has 0 fully saturated rings. The van der Waals surface area contributed by atoms with Crippen molar-refractivity contribution in [2.45, 2.75) is 19.4 Å². The fourth-order valence-corrected chi connectivity index (χ4v) is 3.49. The van der Waals surface area contributed by atoms with Gasteiger partial charge in [0.1, 0.15) is 5.69 Å². The lowest BCUT2D eigenvalue weighted by molar-refractivity contribution is -0.141. The van der Waals surface area contributed by atoms with Crippen molar-refractivity contribution < 1.29 is 24.2 Å². The van der Waals surface area contributed by atoms with Crippen LogP contribution < -0.4 is 15.7 Å². The monoisotopic (exact) mass is 471 g/mol. The molecule has 34 heavy (non-hydrogen) atoms. The Morgan fingerprint density at radius 3 is 2.76 bits per heavy atom. The van der Waals surface area contributed by atoms with Gasteiger partial charge in [-0.1, -0.05) is 6.07 Å². The molecule has 8 nitrogen and oxygen atoms in total. The number of halogens is 3. The predicted molar refractivity (Wildman–Crippen MR) is 122 cm³/mol. The third kappa shape index (κ3) is 4.61. The van der Waals surface area contributed by atoms with Crippen molar-refractivity contribution in [3.05, 3.63) is 71.2 Å². The van der Waals surface area contributed by atoms with Gasteiger partial charge in [-0.15, -0.1) is 0 Å².